The first-order valence-electron chi connectivity index (χ1n) is 8.91. The van der Waals surface area contributed by atoms with Gasteiger partial charge in [-0.25, -0.2) is 9.97 Å². The van der Waals surface area contributed by atoms with Crippen molar-refractivity contribution in [3.63, 3.8) is 0 Å². The van der Waals surface area contributed by atoms with Gasteiger partial charge in [0, 0.05) is 69.5 Å². The SMILES string of the molecule is Br.Cn1cc(-c2csc(-c3cn(CCO)c4ccc(Br)cc34)n2)c2cccnc21. The summed E-state index contributed by atoms with van der Waals surface area (Å²) in [6.07, 6.45) is 5.98. The predicted molar refractivity (Wildman–Crippen MR) is 128 cm³/mol. The minimum atomic E-state index is 0. The Morgan fingerprint density at radius 3 is 2.83 bits per heavy atom. The zero-order valence-corrected chi connectivity index (χ0v) is 19.7. The fraction of sp³-hybridized carbons (Fsp3) is 0.143. The lowest BCUT2D eigenvalue weighted by Gasteiger charge is -2.01. The summed E-state index contributed by atoms with van der Waals surface area (Å²) in [4.78, 5) is 9.43. The van der Waals surface area contributed by atoms with Crippen molar-refractivity contribution in [1.82, 2.24) is 19.1 Å². The van der Waals surface area contributed by atoms with Crippen LogP contribution in [0.15, 0.2) is 58.8 Å². The van der Waals surface area contributed by atoms with Crippen molar-refractivity contribution in [3.8, 4) is 21.8 Å². The maximum atomic E-state index is 9.42. The molecular formula is C21H18Br2N4OS. The average molecular weight is 534 g/mol. The average Bonchev–Trinajstić information content (AvgIpc) is 3.39. The molecule has 0 radical (unpaired) electrons. The normalized spacial score (nSPS) is 11.3. The Balaban J connectivity index is 0.00000205. The number of hydrogen-bond acceptors (Lipinski definition) is 4. The van der Waals surface area contributed by atoms with E-state index in [0.717, 1.165) is 48.2 Å². The van der Waals surface area contributed by atoms with Crippen LogP contribution in [0.25, 0.3) is 43.8 Å². The summed E-state index contributed by atoms with van der Waals surface area (Å²) in [6.45, 7) is 0.663. The van der Waals surface area contributed by atoms with Crippen LogP contribution in [0.4, 0.5) is 0 Å². The number of halogens is 2. The van der Waals surface area contributed by atoms with Gasteiger partial charge < -0.3 is 14.2 Å². The second-order valence-electron chi connectivity index (χ2n) is 6.69. The highest BCUT2D eigenvalue weighted by Gasteiger charge is 2.17. The number of pyridine rings is 1. The topological polar surface area (TPSA) is 55.9 Å². The van der Waals surface area contributed by atoms with Gasteiger partial charge in [-0.05, 0) is 30.3 Å². The number of nitrogens with zero attached hydrogens (tertiary/aromatic N) is 4. The van der Waals surface area contributed by atoms with Gasteiger partial charge in [0.05, 0.1) is 12.3 Å². The molecule has 0 amide bonds. The Hall–Kier alpha value is -2.00. The molecule has 4 aromatic heterocycles. The minimum Gasteiger partial charge on any atom is -0.395 e. The highest BCUT2D eigenvalue weighted by Crippen LogP contribution is 2.37. The molecule has 0 atom stereocenters. The van der Waals surface area contributed by atoms with E-state index in [2.05, 4.69) is 61.5 Å². The lowest BCUT2D eigenvalue weighted by atomic mass is 10.1. The molecule has 0 aliphatic heterocycles. The summed E-state index contributed by atoms with van der Waals surface area (Å²) in [5.41, 5.74) is 5.18. The molecule has 0 fully saturated rings. The van der Waals surface area contributed by atoms with Crippen molar-refractivity contribution >= 4 is 66.2 Å². The molecule has 148 valence electrons. The monoisotopic (exact) mass is 532 g/mol. The van der Waals surface area contributed by atoms with E-state index >= 15 is 0 Å². The Labute approximate surface area is 190 Å². The molecule has 0 saturated heterocycles. The molecule has 0 bridgehead atoms. The second-order valence-corrected chi connectivity index (χ2v) is 8.46. The minimum absolute atomic E-state index is 0. The number of fused-ring (bicyclic) bond motifs is 2. The van der Waals surface area contributed by atoms with E-state index in [1.807, 2.05) is 29.9 Å². The summed E-state index contributed by atoms with van der Waals surface area (Å²) in [6, 6.07) is 10.3. The molecule has 4 heterocycles. The number of aliphatic hydroxyl groups is 1. The van der Waals surface area contributed by atoms with Gasteiger partial charge in [0.15, 0.2) is 0 Å². The second kappa shape index (κ2) is 8.02. The lowest BCUT2D eigenvalue weighted by Crippen LogP contribution is -1.99. The van der Waals surface area contributed by atoms with Crippen molar-refractivity contribution in [3.05, 3.63) is 58.8 Å². The summed E-state index contributed by atoms with van der Waals surface area (Å²) >= 11 is 5.21. The molecule has 0 aliphatic rings. The van der Waals surface area contributed by atoms with Crippen molar-refractivity contribution in [2.75, 3.05) is 6.61 Å². The third kappa shape index (κ3) is 3.44. The highest BCUT2D eigenvalue weighted by molar-refractivity contribution is 9.10. The number of benzene rings is 1. The predicted octanol–water partition coefficient (Wildman–Crippen LogP) is 5.65. The van der Waals surface area contributed by atoms with E-state index in [0.29, 0.717) is 6.54 Å². The standard InChI is InChI=1S/C21H17BrN4OS.BrH/c1-25-10-16(14-3-2-6-23-20(14)25)18-12-28-21(24-18)17-11-26(7-8-27)19-5-4-13(22)9-15(17)19;/h2-6,9-12,27H,7-8H2,1H3;1H. The van der Waals surface area contributed by atoms with Gasteiger partial charge in [-0.1, -0.05) is 15.9 Å². The number of hydrogen-bond donors (Lipinski definition) is 1. The summed E-state index contributed by atoms with van der Waals surface area (Å²) < 4.78 is 5.15. The van der Waals surface area contributed by atoms with E-state index < -0.39 is 0 Å². The maximum Gasteiger partial charge on any atom is 0.140 e. The molecule has 5 rings (SSSR count). The van der Waals surface area contributed by atoms with Crippen LogP contribution in [-0.4, -0.2) is 30.8 Å². The zero-order valence-electron chi connectivity index (χ0n) is 15.5. The van der Waals surface area contributed by atoms with Gasteiger partial charge in [-0.2, -0.15) is 0 Å². The van der Waals surface area contributed by atoms with E-state index in [4.69, 9.17) is 4.98 Å². The number of aliphatic hydroxyl groups excluding tert-OH is 1. The molecule has 0 aliphatic carbocycles. The molecule has 0 spiro atoms. The third-order valence-corrected chi connectivity index (χ3v) is 6.30. The molecule has 29 heavy (non-hydrogen) atoms. The molecule has 0 saturated carbocycles. The third-order valence-electron chi connectivity index (χ3n) is 4.93. The van der Waals surface area contributed by atoms with E-state index in [9.17, 15) is 5.11 Å². The fourth-order valence-corrected chi connectivity index (χ4v) is 4.88. The lowest BCUT2D eigenvalue weighted by molar-refractivity contribution is 0.278. The molecule has 0 unspecified atom stereocenters. The number of aromatic nitrogens is 4. The molecule has 5 nitrogen and oxygen atoms in total. The number of thiazole rings is 1. The Kier molecular flexibility index (Phi) is 5.61. The van der Waals surface area contributed by atoms with Crippen LogP contribution in [0.1, 0.15) is 0 Å². The smallest absolute Gasteiger partial charge is 0.140 e. The zero-order chi connectivity index (χ0) is 19.3. The van der Waals surface area contributed by atoms with Crippen LogP contribution in [-0.2, 0) is 13.6 Å². The molecule has 1 aromatic carbocycles. The summed E-state index contributed by atoms with van der Waals surface area (Å²) in [5, 5.41) is 14.7. The van der Waals surface area contributed by atoms with Crippen LogP contribution in [0.5, 0.6) is 0 Å². The van der Waals surface area contributed by atoms with Gasteiger partial charge in [-0.3, -0.25) is 0 Å². The van der Waals surface area contributed by atoms with Crippen molar-refractivity contribution in [2.45, 2.75) is 6.54 Å². The first kappa shape index (κ1) is 20.3. The van der Waals surface area contributed by atoms with Crippen molar-refractivity contribution in [1.29, 1.82) is 0 Å². The van der Waals surface area contributed by atoms with Crippen LogP contribution in [0.3, 0.4) is 0 Å². The quantitative estimate of drug-likeness (QED) is 0.324. The Morgan fingerprint density at radius 2 is 2.00 bits per heavy atom. The number of rotatable bonds is 4. The van der Waals surface area contributed by atoms with Gasteiger partial charge in [-0.15, -0.1) is 28.3 Å². The van der Waals surface area contributed by atoms with Crippen LogP contribution in [0.2, 0.25) is 0 Å². The largest absolute Gasteiger partial charge is 0.395 e. The van der Waals surface area contributed by atoms with Crippen molar-refractivity contribution < 1.29 is 5.11 Å². The van der Waals surface area contributed by atoms with Gasteiger partial charge >= 0.3 is 0 Å². The first-order valence-corrected chi connectivity index (χ1v) is 10.6. The number of aryl methyl sites for hydroxylation is 1. The Bertz CT molecular complexity index is 1320. The molecule has 8 heteroatoms. The molecular weight excluding hydrogens is 516 g/mol. The molecule has 1 N–H and O–H groups in total. The first-order chi connectivity index (χ1) is 13.7. The maximum absolute atomic E-state index is 9.42. The van der Waals surface area contributed by atoms with Crippen molar-refractivity contribution in [2.24, 2.45) is 7.05 Å². The van der Waals surface area contributed by atoms with Gasteiger partial charge in [0.2, 0.25) is 0 Å². The van der Waals surface area contributed by atoms with Crippen LogP contribution >= 0.6 is 44.2 Å². The van der Waals surface area contributed by atoms with E-state index in [1.54, 1.807) is 11.3 Å². The molecule has 5 aromatic rings. The summed E-state index contributed by atoms with van der Waals surface area (Å²) in [5.74, 6) is 0. The van der Waals surface area contributed by atoms with Gasteiger partial charge in [0.25, 0.3) is 0 Å². The fourth-order valence-electron chi connectivity index (χ4n) is 3.67. The summed E-state index contributed by atoms with van der Waals surface area (Å²) in [7, 11) is 2.01. The Morgan fingerprint density at radius 1 is 1.14 bits per heavy atom. The van der Waals surface area contributed by atoms with E-state index in [1.165, 1.54) is 0 Å². The van der Waals surface area contributed by atoms with E-state index in [-0.39, 0.29) is 23.6 Å². The van der Waals surface area contributed by atoms with Crippen LogP contribution in [0, 0.1) is 0 Å². The highest BCUT2D eigenvalue weighted by atomic mass is 79.9. The van der Waals surface area contributed by atoms with Gasteiger partial charge in [0.1, 0.15) is 10.7 Å². The van der Waals surface area contributed by atoms with Crippen LogP contribution < -0.4 is 0 Å².